The molecule has 0 saturated carbocycles. The zero-order valence-electron chi connectivity index (χ0n) is 13.8. The van der Waals surface area contributed by atoms with Crippen LogP contribution in [0.5, 0.6) is 0 Å². The van der Waals surface area contributed by atoms with E-state index in [-0.39, 0.29) is 16.7 Å². The first kappa shape index (κ1) is 18.6. The third kappa shape index (κ3) is 4.55. The molecule has 22 heavy (non-hydrogen) atoms. The Morgan fingerprint density at radius 3 is 2.14 bits per heavy atom. The quantitative estimate of drug-likeness (QED) is 0.797. The molecule has 1 aromatic rings. The fourth-order valence-electron chi connectivity index (χ4n) is 2.04. The average Bonchev–Trinajstić information content (AvgIpc) is 2.53. The van der Waals surface area contributed by atoms with Crippen LogP contribution in [0.25, 0.3) is 0 Å². The molecule has 5 nitrogen and oxygen atoms in total. The van der Waals surface area contributed by atoms with Gasteiger partial charge >= 0.3 is 0 Å². The van der Waals surface area contributed by atoms with Crippen molar-refractivity contribution < 1.29 is 13.2 Å². The largest absolute Gasteiger partial charge is 0.352 e. The molecule has 1 amide bonds. The molecule has 0 spiro atoms. The summed E-state index contributed by atoms with van der Waals surface area (Å²) < 4.78 is 26.1. The number of benzene rings is 1. The van der Waals surface area contributed by atoms with Crippen LogP contribution >= 0.6 is 0 Å². The van der Waals surface area contributed by atoms with E-state index in [2.05, 4.69) is 5.32 Å². The number of hydrogen-bond acceptors (Lipinski definition) is 3. The van der Waals surface area contributed by atoms with Crippen LogP contribution in [0.4, 0.5) is 0 Å². The van der Waals surface area contributed by atoms with Crippen molar-refractivity contribution in [1.29, 1.82) is 0 Å². The molecule has 0 fully saturated rings. The van der Waals surface area contributed by atoms with Crippen molar-refractivity contribution in [3.63, 3.8) is 0 Å². The lowest BCUT2D eigenvalue weighted by Crippen LogP contribution is -2.30. The molecule has 0 aliphatic heterocycles. The zero-order valence-corrected chi connectivity index (χ0v) is 14.6. The Kier molecular flexibility index (Phi) is 7.03. The first-order valence-corrected chi connectivity index (χ1v) is 9.17. The van der Waals surface area contributed by atoms with E-state index >= 15 is 0 Å². The number of carbonyl (C=O) groups excluding carboxylic acids is 1. The van der Waals surface area contributed by atoms with Gasteiger partial charge in [-0.1, -0.05) is 39.8 Å². The van der Waals surface area contributed by atoms with Gasteiger partial charge in [0, 0.05) is 25.6 Å². The van der Waals surface area contributed by atoms with E-state index in [1.807, 2.05) is 27.7 Å². The molecule has 0 heterocycles. The molecule has 0 aromatic heterocycles. The van der Waals surface area contributed by atoms with E-state index in [0.29, 0.717) is 19.6 Å². The van der Waals surface area contributed by atoms with Crippen molar-refractivity contribution in [2.75, 3.05) is 13.1 Å². The van der Waals surface area contributed by atoms with E-state index < -0.39 is 10.0 Å². The van der Waals surface area contributed by atoms with Gasteiger partial charge in [-0.3, -0.25) is 4.79 Å². The predicted molar refractivity (Wildman–Crippen MR) is 87.9 cm³/mol. The molecule has 1 unspecified atom stereocenters. The van der Waals surface area contributed by atoms with Gasteiger partial charge in [0.15, 0.2) is 0 Å². The molecule has 6 heteroatoms. The molecular formula is C16H26N2O3S. The lowest BCUT2D eigenvalue weighted by Gasteiger charge is -2.18. The minimum Gasteiger partial charge on any atom is -0.352 e. The molecule has 0 aliphatic carbocycles. The first-order valence-electron chi connectivity index (χ1n) is 7.73. The van der Waals surface area contributed by atoms with E-state index in [4.69, 9.17) is 0 Å². The highest BCUT2D eigenvalue weighted by molar-refractivity contribution is 7.89. The minimum atomic E-state index is -3.42. The fraction of sp³-hybridized carbons (Fsp3) is 0.562. The monoisotopic (exact) mass is 326 g/mol. The predicted octanol–water partition coefficient (Wildman–Crippen LogP) is 2.38. The number of amides is 1. The van der Waals surface area contributed by atoms with Crippen molar-refractivity contribution in [3.05, 3.63) is 29.8 Å². The maximum absolute atomic E-state index is 12.4. The van der Waals surface area contributed by atoms with Crippen LogP contribution in [0.3, 0.4) is 0 Å². The smallest absolute Gasteiger partial charge is 0.243 e. The highest BCUT2D eigenvalue weighted by Crippen LogP contribution is 2.16. The summed E-state index contributed by atoms with van der Waals surface area (Å²) in [5.74, 6) is 0.00431. The topological polar surface area (TPSA) is 66.5 Å². The van der Waals surface area contributed by atoms with Crippen molar-refractivity contribution in [3.8, 4) is 0 Å². The Morgan fingerprint density at radius 2 is 1.68 bits per heavy atom. The summed E-state index contributed by atoms with van der Waals surface area (Å²) in [7, 11) is -3.42. The Bertz CT molecular complexity index is 578. The number of rotatable bonds is 8. The fourth-order valence-corrected chi connectivity index (χ4v) is 3.50. The molecule has 1 aromatic carbocycles. The van der Waals surface area contributed by atoms with Crippen molar-refractivity contribution >= 4 is 15.9 Å². The standard InChI is InChI=1S/C16H26N2O3S/c1-5-13(4)16(19)17-12-14-8-10-15(11-9-14)22(20,21)18(6-2)7-3/h8-11,13H,5-7,12H2,1-4H3,(H,17,19). The molecule has 1 atom stereocenters. The lowest BCUT2D eigenvalue weighted by molar-refractivity contribution is -0.124. The van der Waals surface area contributed by atoms with E-state index in [1.54, 1.807) is 24.3 Å². The summed E-state index contributed by atoms with van der Waals surface area (Å²) in [6, 6.07) is 6.68. The summed E-state index contributed by atoms with van der Waals surface area (Å²) in [6.45, 7) is 8.80. The maximum atomic E-state index is 12.4. The van der Waals surface area contributed by atoms with Gasteiger partial charge in [0.2, 0.25) is 15.9 Å². The van der Waals surface area contributed by atoms with Crippen LogP contribution in [-0.4, -0.2) is 31.7 Å². The summed E-state index contributed by atoms with van der Waals surface area (Å²) >= 11 is 0. The van der Waals surface area contributed by atoms with Crippen molar-refractivity contribution in [2.45, 2.75) is 45.6 Å². The number of nitrogens with zero attached hydrogens (tertiary/aromatic N) is 1. The van der Waals surface area contributed by atoms with Gasteiger partial charge in [0.05, 0.1) is 4.90 Å². The summed E-state index contributed by atoms with van der Waals surface area (Å²) in [4.78, 5) is 12.0. The van der Waals surface area contributed by atoms with Crippen LogP contribution in [-0.2, 0) is 21.4 Å². The Hall–Kier alpha value is -1.40. The second kappa shape index (κ2) is 8.29. The lowest BCUT2D eigenvalue weighted by atomic mass is 10.1. The number of carbonyl (C=O) groups is 1. The number of hydrogen-bond donors (Lipinski definition) is 1. The molecule has 124 valence electrons. The van der Waals surface area contributed by atoms with Crippen LogP contribution < -0.4 is 5.32 Å². The Morgan fingerprint density at radius 1 is 1.14 bits per heavy atom. The SMILES string of the molecule is CCC(C)C(=O)NCc1ccc(S(=O)(=O)N(CC)CC)cc1. The Labute approximate surface area is 133 Å². The second-order valence-electron chi connectivity index (χ2n) is 5.26. The maximum Gasteiger partial charge on any atom is 0.243 e. The van der Waals surface area contributed by atoms with Crippen LogP contribution in [0.1, 0.15) is 39.7 Å². The zero-order chi connectivity index (χ0) is 16.8. The van der Waals surface area contributed by atoms with Crippen LogP contribution in [0.2, 0.25) is 0 Å². The van der Waals surface area contributed by atoms with Crippen LogP contribution in [0, 0.1) is 5.92 Å². The molecular weight excluding hydrogens is 300 g/mol. The highest BCUT2D eigenvalue weighted by atomic mass is 32.2. The van der Waals surface area contributed by atoms with Gasteiger partial charge in [-0.25, -0.2) is 8.42 Å². The van der Waals surface area contributed by atoms with Gasteiger partial charge in [0.1, 0.15) is 0 Å². The normalized spacial score (nSPS) is 13.1. The van der Waals surface area contributed by atoms with E-state index in [0.717, 1.165) is 12.0 Å². The third-order valence-electron chi connectivity index (χ3n) is 3.79. The highest BCUT2D eigenvalue weighted by Gasteiger charge is 2.21. The summed E-state index contributed by atoms with van der Waals surface area (Å²) in [5, 5.41) is 2.85. The van der Waals surface area contributed by atoms with Crippen molar-refractivity contribution in [1.82, 2.24) is 9.62 Å². The van der Waals surface area contributed by atoms with E-state index in [1.165, 1.54) is 4.31 Å². The van der Waals surface area contributed by atoms with Crippen LogP contribution in [0.15, 0.2) is 29.2 Å². The van der Waals surface area contributed by atoms with Gasteiger partial charge in [-0.05, 0) is 24.1 Å². The number of nitrogens with one attached hydrogen (secondary N) is 1. The first-order chi connectivity index (χ1) is 10.4. The molecule has 0 radical (unpaired) electrons. The molecule has 0 aliphatic rings. The second-order valence-corrected chi connectivity index (χ2v) is 7.20. The van der Waals surface area contributed by atoms with E-state index in [9.17, 15) is 13.2 Å². The van der Waals surface area contributed by atoms with Gasteiger partial charge in [0.25, 0.3) is 0 Å². The third-order valence-corrected chi connectivity index (χ3v) is 5.86. The Balaban J connectivity index is 2.77. The summed E-state index contributed by atoms with van der Waals surface area (Å²) in [5.41, 5.74) is 0.884. The summed E-state index contributed by atoms with van der Waals surface area (Å²) in [6.07, 6.45) is 0.798. The van der Waals surface area contributed by atoms with Crippen molar-refractivity contribution in [2.24, 2.45) is 5.92 Å². The minimum absolute atomic E-state index is 0.0117. The number of sulfonamides is 1. The molecule has 1 rings (SSSR count). The molecule has 1 N–H and O–H groups in total. The molecule has 0 saturated heterocycles. The van der Waals surface area contributed by atoms with Gasteiger partial charge in [-0.15, -0.1) is 0 Å². The van der Waals surface area contributed by atoms with Gasteiger partial charge < -0.3 is 5.32 Å². The average molecular weight is 326 g/mol. The van der Waals surface area contributed by atoms with Gasteiger partial charge in [-0.2, -0.15) is 4.31 Å². The molecule has 0 bridgehead atoms.